The fourth-order valence-electron chi connectivity index (χ4n) is 2.07. The second-order valence-corrected chi connectivity index (χ2v) is 5.26. The molecule has 0 fully saturated rings. The summed E-state index contributed by atoms with van der Waals surface area (Å²) in [5, 5.41) is 4.50. The van der Waals surface area contributed by atoms with Crippen LogP contribution in [0.5, 0.6) is 0 Å². The van der Waals surface area contributed by atoms with Gasteiger partial charge in [-0.3, -0.25) is 0 Å². The predicted octanol–water partition coefficient (Wildman–Crippen LogP) is 3.02. The van der Waals surface area contributed by atoms with Crippen molar-refractivity contribution >= 4 is 0 Å². The third-order valence-electron chi connectivity index (χ3n) is 3.07. The number of benzene rings is 1. The maximum Gasteiger partial charge on any atom is 0.128 e. The maximum atomic E-state index is 14.0. The molecule has 2 N–H and O–H groups in total. The summed E-state index contributed by atoms with van der Waals surface area (Å²) in [6.07, 6.45) is 2.37. The van der Waals surface area contributed by atoms with Crippen LogP contribution in [0.2, 0.25) is 0 Å². The first kappa shape index (κ1) is 13.7. The van der Waals surface area contributed by atoms with Crippen molar-refractivity contribution in [2.24, 2.45) is 5.73 Å². The topological polar surface area (TPSA) is 43.8 Å². The van der Waals surface area contributed by atoms with E-state index in [2.05, 4.69) is 18.9 Å². The van der Waals surface area contributed by atoms with Crippen LogP contribution in [0.4, 0.5) is 4.39 Å². The molecule has 102 valence electrons. The molecule has 3 nitrogen and oxygen atoms in total. The van der Waals surface area contributed by atoms with E-state index < -0.39 is 0 Å². The number of aromatic nitrogens is 2. The smallest absolute Gasteiger partial charge is 0.128 e. The lowest BCUT2D eigenvalue weighted by molar-refractivity contribution is 0.591. The van der Waals surface area contributed by atoms with Crippen molar-refractivity contribution in [3.8, 4) is 5.69 Å². The number of nitrogens with two attached hydrogens (primary N) is 1. The lowest BCUT2D eigenvalue weighted by Crippen LogP contribution is -2.20. The van der Waals surface area contributed by atoms with Gasteiger partial charge in [0.1, 0.15) is 5.82 Å². The van der Waals surface area contributed by atoms with Gasteiger partial charge in [0.05, 0.1) is 11.4 Å². The molecule has 0 saturated carbocycles. The quantitative estimate of drug-likeness (QED) is 0.919. The van der Waals surface area contributed by atoms with Crippen LogP contribution in [0, 0.1) is 5.82 Å². The third kappa shape index (κ3) is 3.01. The highest BCUT2D eigenvalue weighted by Gasteiger charge is 2.13. The molecular weight excluding hydrogens is 241 g/mol. The standard InChI is InChI=1S/C15H20FN3/c1-10(2)14-7-8-19(18-14)15-6-4-5-13(16)12(15)9-11(3)17/h4-8,10-11H,9,17H2,1-3H3. The van der Waals surface area contributed by atoms with E-state index in [1.165, 1.54) is 6.07 Å². The minimum atomic E-state index is -0.226. The molecule has 1 aromatic carbocycles. The zero-order valence-electron chi connectivity index (χ0n) is 11.6. The maximum absolute atomic E-state index is 14.0. The molecule has 4 heteroatoms. The van der Waals surface area contributed by atoms with Crippen LogP contribution in [0.1, 0.15) is 37.9 Å². The molecule has 2 rings (SSSR count). The van der Waals surface area contributed by atoms with Gasteiger partial charge in [0.2, 0.25) is 0 Å². The molecule has 0 aliphatic heterocycles. The number of rotatable bonds is 4. The van der Waals surface area contributed by atoms with E-state index in [0.29, 0.717) is 17.9 Å². The van der Waals surface area contributed by atoms with Crippen molar-refractivity contribution in [1.29, 1.82) is 0 Å². The van der Waals surface area contributed by atoms with Gasteiger partial charge in [0, 0.05) is 17.8 Å². The molecule has 0 saturated heterocycles. The molecule has 1 heterocycles. The van der Waals surface area contributed by atoms with Gasteiger partial charge in [-0.2, -0.15) is 5.10 Å². The number of hydrogen-bond acceptors (Lipinski definition) is 2. The minimum Gasteiger partial charge on any atom is -0.328 e. The highest BCUT2D eigenvalue weighted by atomic mass is 19.1. The molecule has 0 aliphatic rings. The molecule has 19 heavy (non-hydrogen) atoms. The number of nitrogens with zero attached hydrogens (tertiary/aromatic N) is 2. The van der Waals surface area contributed by atoms with Crippen LogP contribution in [0.25, 0.3) is 5.69 Å². The highest BCUT2D eigenvalue weighted by Crippen LogP contribution is 2.21. The fraction of sp³-hybridized carbons (Fsp3) is 0.400. The van der Waals surface area contributed by atoms with Crippen LogP contribution < -0.4 is 5.73 Å². The Labute approximate surface area is 113 Å². The summed E-state index contributed by atoms with van der Waals surface area (Å²) < 4.78 is 15.7. The van der Waals surface area contributed by atoms with E-state index in [0.717, 1.165) is 11.4 Å². The Hall–Kier alpha value is -1.68. The second-order valence-electron chi connectivity index (χ2n) is 5.26. The molecule has 1 unspecified atom stereocenters. The van der Waals surface area contributed by atoms with E-state index in [9.17, 15) is 4.39 Å². The van der Waals surface area contributed by atoms with Crippen molar-refractivity contribution in [2.75, 3.05) is 0 Å². The van der Waals surface area contributed by atoms with Crippen molar-refractivity contribution in [2.45, 2.75) is 39.2 Å². The fourth-order valence-corrected chi connectivity index (χ4v) is 2.07. The summed E-state index contributed by atoms with van der Waals surface area (Å²) in [5.41, 5.74) is 8.18. The van der Waals surface area contributed by atoms with Crippen LogP contribution in [0.3, 0.4) is 0 Å². The van der Waals surface area contributed by atoms with Crippen molar-refractivity contribution in [3.05, 3.63) is 47.5 Å². The SMILES string of the molecule is CC(N)Cc1c(F)cccc1-n1ccc(C(C)C)n1. The lowest BCUT2D eigenvalue weighted by atomic mass is 10.0. The minimum absolute atomic E-state index is 0.0872. The van der Waals surface area contributed by atoms with Gasteiger partial charge in [-0.05, 0) is 37.5 Å². The Morgan fingerprint density at radius 2 is 2.00 bits per heavy atom. The van der Waals surface area contributed by atoms with E-state index in [4.69, 9.17) is 5.73 Å². The van der Waals surface area contributed by atoms with Crippen LogP contribution in [0.15, 0.2) is 30.5 Å². The first-order chi connectivity index (χ1) is 8.99. The number of halogens is 1. The molecule has 1 aromatic heterocycles. The van der Waals surface area contributed by atoms with Gasteiger partial charge in [-0.1, -0.05) is 19.9 Å². The highest BCUT2D eigenvalue weighted by molar-refractivity contribution is 5.42. The zero-order chi connectivity index (χ0) is 14.0. The van der Waals surface area contributed by atoms with E-state index in [1.807, 2.05) is 25.3 Å². The Morgan fingerprint density at radius 3 is 2.58 bits per heavy atom. The molecule has 0 radical (unpaired) electrons. The zero-order valence-corrected chi connectivity index (χ0v) is 11.6. The summed E-state index contributed by atoms with van der Waals surface area (Å²) in [6.45, 7) is 6.04. The molecule has 0 aliphatic carbocycles. The molecular formula is C15H20FN3. The Kier molecular flexibility index (Phi) is 4.00. The molecule has 0 bridgehead atoms. The molecule has 0 amide bonds. The van der Waals surface area contributed by atoms with Gasteiger partial charge in [0.15, 0.2) is 0 Å². The normalized spacial score (nSPS) is 12.9. The van der Waals surface area contributed by atoms with Gasteiger partial charge < -0.3 is 5.73 Å². The second kappa shape index (κ2) is 5.53. The van der Waals surface area contributed by atoms with E-state index in [-0.39, 0.29) is 11.9 Å². The summed E-state index contributed by atoms with van der Waals surface area (Å²) in [6, 6.07) is 6.92. The third-order valence-corrected chi connectivity index (χ3v) is 3.07. The van der Waals surface area contributed by atoms with Crippen molar-refractivity contribution in [3.63, 3.8) is 0 Å². The predicted molar refractivity (Wildman–Crippen MR) is 75.0 cm³/mol. The average molecular weight is 261 g/mol. The first-order valence-electron chi connectivity index (χ1n) is 6.58. The average Bonchev–Trinajstić information content (AvgIpc) is 2.80. The molecule has 1 atom stereocenters. The summed E-state index contributed by atoms with van der Waals surface area (Å²) >= 11 is 0. The monoisotopic (exact) mass is 261 g/mol. The Balaban J connectivity index is 2.45. The lowest BCUT2D eigenvalue weighted by Gasteiger charge is -2.12. The van der Waals surface area contributed by atoms with Gasteiger partial charge >= 0.3 is 0 Å². The largest absolute Gasteiger partial charge is 0.328 e. The van der Waals surface area contributed by atoms with Gasteiger partial charge in [0.25, 0.3) is 0 Å². The van der Waals surface area contributed by atoms with Gasteiger partial charge in [-0.25, -0.2) is 9.07 Å². The first-order valence-corrected chi connectivity index (χ1v) is 6.58. The van der Waals surface area contributed by atoms with Crippen molar-refractivity contribution < 1.29 is 4.39 Å². The number of hydrogen-bond donors (Lipinski definition) is 1. The van der Waals surface area contributed by atoms with Crippen LogP contribution >= 0.6 is 0 Å². The van der Waals surface area contributed by atoms with Crippen molar-refractivity contribution in [1.82, 2.24) is 9.78 Å². The van der Waals surface area contributed by atoms with Gasteiger partial charge in [-0.15, -0.1) is 0 Å². The summed E-state index contributed by atoms with van der Waals surface area (Å²) in [5.74, 6) is 0.128. The molecule has 0 spiro atoms. The van der Waals surface area contributed by atoms with E-state index >= 15 is 0 Å². The summed E-state index contributed by atoms with van der Waals surface area (Å²) in [7, 11) is 0. The Bertz CT molecular complexity index is 558. The van der Waals surface area contributed by atoms with Crippen LogP contribution in [-0.2, 0) is 6.42 Å². The van der Waals surface area contributed by atoms with Crippen LogP contribution in [-0.4, -0.2) is 15.8 Å². The van der Waals surface area contributed by atoms with E-state index in [1.54, 1.807) is 10.7 Å². The summed E-state index contributed by atoms with van der Waals surface area (Å²) in [4.78, 5) is 0. The molecule has 2 aromatic rings. The Morgan fingerprint density at radius 1 is 1.26 bits per heavy atom.